The summed E-state index contributed by atoms with van der Waals surface area (Å²) in [7, 11) is -1.69. The molecule has 0 radical (unpaired) electrons. The number of nitrogens with one attached hydrogen (secondary N) is 2. The van der Waals surface area contributed by atoms with Crippen LogP contribution >= 0.6 is 0 Å². The Hall–Kier alpha value is -2.91. The minimum absolute atomic E-state index is 0.190. The van der Waals surface area contributed by atoms with E-state index in [-0.39, 0.29) is 23.6 Å². The maximum absolute atomic E-state index is 13.9. The third kappa shape index (κ3) is 6.74. The smallest absolute Gasteiger partial charge is 0.426 e. The largest absolute Gasteiger partial charge is 0.475 e. The number of rotatable bonds is 9. The van der Waals surface area contributed by atoms with E-state index in [1.54, 1.807) is 24.8 Å². The molecule has 0 unspecified atom stereocenters. The van der Waals surface area contributed by atoms with Gasteiger partial charge in [-0.2, -0.15) is 0 Å². The first kappa shape index (κ1) is 28.1. The molecule has 3 atom stereocenters. The normalized spacial score (nSPS) is 19.8. The van der Waals surface area contributed by atoms with Crippen LogP contribution in [0.25, 0.3) is 10.8 Å². The zero-order valence-electron chi connectivity index (χ0n) is 22.4. The first-order valence-corrected chi connectivity index (χ1v) is 14.0. The van der Waals surface area contributed by atoms with Crippen molar-refractivity contribution in [2.24, 2.45) is 11.8 Å². The zero-order valence-corrected chi connectivity index (χ0v) is 22.4. The Balaban J connectivity index is 1.52. The highest BCUT2D eigenvalue weighted by Crippen LogP contribution is 2.29. The number of likely N-dealkylation sites (tertiary alicyclic amines) is 1. The molecule has 1 aliphatic carbocycles. The fourth-order valence-corrected chi connectivity index (χ4v) is 5.90. The summed E-state index contributed by atoms with van der Waals surface area (Å²) in [4.78, 5) is 42.0. The zero-order chi connectivity index (χ0) is 27.2. The maximum atomic E-state index is 13.9. The van der Waals surface area contributed by atoms with E-state index >= 15 is 0 Å². The molecule has 0 aromatic heterocycles. The Morgan fingerprint density at radius 1 is 0.947 bits per heavy atom. The Bertz CT molecular complexity index is 1130. The molecule has 2 fully saturated rings. The van der Waals surface area contributed by atoms with Crippen LogP contribution in [-0.4, -0.2) is 64.4 Å². The molecular formula is C29H40BN3O5. The van der Waals surface area contributed by atoms with Crippen LogP contribution in [0.15, 0.2) is 42.5 Å². The van der Waals surface area contributed by atoms with E-state index in [0.717, 1.165) is 36.5 Å². The molecule has 1 aliphatic heterocycles. The van der Waals surface area contributed by atoms with Gasteiger partial charge in [0.15, 0.2) is 0 Å². The summed E-state index contributed by atoms with van der Waals surface area (Å²) in [5, 5.41) is 27.2. The highest BCUT2D eigenvalue weighted by atomic mass is 16.4. The molecule has 8 nitrogen and oxygen atoms in total. The van der Waals surface area contributed by atoms with E-state index in [0.29, 0.717) is 37.3 Å². The van der Waals surface area contributed by atoms with Crippen LogP contribution in [0.3, 0.4) is 0 Å². The molecule has 2 aromatic rings. The van der Waals surface area contributed by atoms with Gasteiger partial charge >= 0.3 is 7.12 Å². The van der Waals surface area contributed by atoms with Crippen LogP contribution < -0.4 is 10.6 Å². The second-order valence-corrected chi connectivity index (χ2v) is 11.2. The molecule has 1 saturated heterocycles. The molecule has 204 valence electrons. The third-order valence-corrected chi connectivity index (χ3v) is 8.10. The number of hydrogen-bond donors (Lipinski definition) is 4. The number of amides is 3. The van der Waals surface area contributed by atoms with Crippen molar-refractivity contribution < 1.29 is 24.4 Å². The molecule has 1 saturated carbocycles. The summed E-state index contributed by atoms with van der Waals surface area (Å²) < 4.78 is 0. The van der Waals surface area contributed by atoms with Crippen molar-refractivity contribution >= 4 is 35.6 Å². The van der Waals surface area contributed by atoms with E-state index in [9.17, 15) is 24.4 Å². The van der Waals surface area contributed by atoms with E-state index < -0.39 is 25.1 Å². The summed E-state index contributed by atoms with van der Waals surface area (Å²) in [5.74, 6) is -1.60. The molecule has 2 aromatic carbocycles. The van der Waals surface area contributed by atoms with Crippen LogP contribution in [0.5, 0.6) is 0 Å². The summed E-state index contributed by atoms with van der Waals surface area (Å²) in [6.07, 6.45) is 7.23. The first-order valence-electron chi connectivity index (χ1n) is 14.0. The summed E-state index contributed by atoms with van der Waals surface area (Å²) in [6, 6.07) is 11.9. The molecule has 0 spiro atoms. The van der Waals surface area contributed by atoms with Crippen LogP contribution in [0.4, 0.5) is 0 Å². The lowest BCUT2D eigenvalue weighted by molar-refractivity contribution is -0.140. The van der Waals surface area contributed by atoms with Gasteiger partial charge in [-0.3, -0.25) is 14.4 Å². The van der Waals surface area contributed by atoms with E-state index in [1.807, 2.05) is 36.4 Å². The van der Waals surface area contributed by atoms with Gasteiger partial charge in [-0.15, -0.1) is 0 Å². The quantitative estimate of drug-likeness (QED) is 0.379. The number of benzene rings is 2. The van der Waals surface area contributed by atoms with Crippen molar-refractivity contribution in [3.05, 3.63) is 48.0 Å². The van der Waals surface area contributed by atoms with Crippen molar-refractivity contribution in [3.63, 3.8) is 0 Å². The Kier molecular flexibility index (Phi) is 9.44. The first-order chi connectivity index (χ1) is 18.2. The topological polar surface area (TPSA) is 119 Å². The lowest BCUT2D eigenvalue weighted by atomic mass is 9.73. The van der Waals surface area contributed by atoms with Gasteiger partial charge in [-0.25, -0.2) is 0 Å². The lowest BCUT2D eigenvalue weighted by Crippen LogP contribution is -2.57. The summed E-state index contributed by atoms with van der Waals surface area (Å²) in [5.41, 5.74) is 0.498. The molecule has 1 heterocycles. The van der Waals surface area contributed by atoms with E-state index in [1.165, 1.54) is 6.42 Å². The second kappa shape index (κ2) is 12.8. The molecule has 9 heteroatoms. The van der Waals surface area contributed by atoms with Gasteiger partial charge in [0.05, 0.1) is 5.94 Å². The number of fused-ring (bicyclic) bond motifs is 1. The average molecular weight is 521 g/mol. The molecule has 3 amide bonds. The molecular weight excluding hydrogens is 481 g/mol. The highest BCUT2D eigenvalue weighted by Gasteiger charge is 2.40. The Morgan fingerprint density at radius 3 is 2.34 bits per heavy atom. The summed E-state index contributed by atoms with van der Waals surface area (Å²) in [6.45, 7) is 4.02. The van der Waals surface area contributed by atoms with Crippen molar-refractivity contribution in [2.45, 2.75) is 83.2 Å². The lowest BCUT2D eigenvalue weighted by Gasteiger charge is -2.32. The van der Waals surface area contributed by atoms with Gasteiger partial charge in [0, 0.05) is 12.1 Å². The van der Waals surface area contributed by atoms with Crippen molar-refractivity contribution in [3.8, 4) is 0 Å². The van der Waals surface area contributed by atoms with Gasteiger partial charge in [0.1, 0.15) is 12.1 Å². The van der Waals surface area contributed by atoms with Crippen LogP contribution in [0.1, 0.15) is 75.6 Å². The Morgan fingerprint density at radius 2 is 1.66 bits per heavy atom. The van der Waals surface area contributed by atoms with E-state index in [4.69, 9.17) is 0 Å². The summed E-state index contributed by atoms with van der Waals surface area (Å²) >= 11 is 0. The average Bonchev–Trinajstić information content (AvgIpc) is 3.41. The predicted octanol–water partition coefficient (Wildman–Crippen LogP) is 3.05. The number of nitrogens with zero attached hydrogens (tertiary/aromatic N) is 1. The van der Waals surface area contributed by atoms with Crippen LogP contribution in [-0.2, 0) is 9.59 Å². The van der Waals surface area contributed by atoms with Crippen molar-refractivity contribution in [1.82, 2.24) is 15.5 Å². The predicted molar refractivity (Wildman–Crippen MR) is 148 cm³/mol. The Labute approximate surface area is 225 Å². The SMILES string of the molecule is CC(C)[C@H](NC(=O)[C@@H]1CCCN1C(=O)[C@@H](CC1CCCCC1)NC(=O)c1ccc2ccccc2c1)B(O)O. The monoisotopic (exact) mass is 521 g/mol. The second-order valence-electron chi connectivity index (χ2n) is 11.2. The van der Waals surface area contributed by atoms with E-state index in [2.05, 4.69) is 10.6 Å². The third-order valence-electron chi connectivity index (χ3n) is 8.10. The van der Waals surface area contributed by atoms with Crippen LogP contribution in [0.2, 0.25) is 0 Å². The van der Waals surface area contributed by atoms with Gasteiger partial charge < -0.3 is 25.6 Å². The van der Waals surface area contributed by atoms with Gasteiger partial charge in [-0.1, -0.05) is 76.3 Å². The van der Waals surface area contributed by atoms with Gasteiger partial charge in [0.25, 0.3) is 5.91 Å². The van der Waals surface area contributed by atoms with Gasteiger partial charge in [-0.05, 0) is 54.0 Å². The number of carbonyl (C=O) groups excluding carboxylic acids is 3. The molecule has 0 bridgehead atoms. The highest BCUT2D eigenvalue weighted by molar-refractivity contribution is 6.43. The minimum Gasteiger partial charge on any atom is -0.426 e. The molecule has 4 N–H and O–H groups in total. The molecule has 2 aliphatic rings. The van der Waals surface area contributed by atoms with Crippen molar-refractivity contribution in [2.75, 3.05) is 6.54 Å². The minimum atomic E-state index is -1.69. The van der Waals surface area contributed by atoms with Crippen molar-refractivity contribution in [1.29, 1.82) is 0 Å². The molecule has 38 heavy (non-hydrogen) atoms. The fraction of sp³-hybridized carbons (Fsp3) is 0.552. The number of carbonyl (C=O) groups is 3. The molecule has 4 rings (SSSR count). The maximum Gasteiger partial charge on any atom is 0.475 e. The van der Waals surface area contributed by atoms with Crippen LogP contribution in [0, 0.1) is 11.8 Å². The fourth-order valence-electron chi connectivity index (χ4n) is 5.90. The standard InChI is InChI=1S/C29H40BN3O5/c1-19(2)26(30(37)38)32-28(35)25-13-8-16-33(25)29(36)24(17-20-9-4-3-5-10-20)31-27(34)23-15-14-21-11-6-7-12-22(21)18-23/h6-7,11-12,14-15,18-20,24-26,37-38H,3-5,8-10,13,16-17H2,1-2H3,(H,31,34)(H,32,35)/t24-,25+,26+/m1/s1. The number of hydrogen-bond acceptors (Lipinski definition) is 5. The van der Waals surface area contributed by atoms with Gasteiger partial charge in [0.2, 0.25) is 11.8 Å².